The van der Waals surface area contributed by atoms with Crippen molar-refractivity contribution in [2.24, 2.45) is 0 Å². The summed E-state index contributed by atoms with van der Waals surface area (Å²) in [7, 11) is 0. The fourth-order valence-corrected chi connectivity index (χ4v) is 3.47. The van der Waals surface area contributed by atoms with Gasteiger partial charge in [0.25, 0.3) is 5.91 Å². The summed E-state index contributed by atoms with van der Waals surface area (Å²) in [6, 6.07) is 19.3. The number of ether oxygens (including phenoxy) is 1. The molecule has 3 aromatic rings. The lowest BCUT2D eigenvalue weighted by atomic mass is 9.99. The molecule has 0 aliphatic rings. The van der Waals surface area contributed by atoms with Crippen LogP contribution in [0, 0.1) is 0 Å². The minimum atomic E-state index is -0.915. The van der Waals surface area contributed by atoms with Gasteiger partial charge in [-0.15, -0.1) is 0 Å². The molecule has 28 heavy (non-hydrogen) atoms. The lowest BCUT2D eigenvalue weighted by molar-refractivity contribution is 0.102. The molecule has 0 spiro atoms. The van der Waals surface area contributed by atoms with Crippen LogP contribution in [0.5, 0.6) is 5.75 Å². The lowest BCUT2D eigenvalue weighted by Crippen LogP contribution is -2.15. The Morgan fingerprint density at radius 1 is 1.14 bits per heavy atom. The van der Waals surface area contributed by atoms with Crippen molar-refractivity contribution < 1.29 is 14.6 Å². The average molecular weight is 461 g/mol. The molecule has 6 heteroatoms. The SMILES string of the molecule is CCOc1ccc(C(=O)Nc2ccc(Cl)cc2[C@@H](O)c2ccccc2)cc1Br. The van der Waals surface area contributed by atoms with Crippen LogP contribution in [0.2, 0.25) is 5.02 Å². The second kappa shape index (κ2) is 9.24. The summed E-state index contributed by atoms with van der Waals surface area (Å²) in [4.78, 5) is 12.7. The van der Waals surface area contributed by atoms with Crippen LogP contribution in [0.1, 0.15) is 34.5 Å². The summed E-state index contributed by atoms with van der Waals surface area (Å²) >= 11 is 9.54. The molecule has 3 aromatic carbocycles. The van der Waals surface area contributed by atoms with Crippen molar-refractivity contribution in [2.75, 3.05) is 11.9 Å². The lowest BCUT2D eigenvalue weighted by Gasteiger charge is -2.17. The number of aliphatic hydroxyl groups is 1. The Kier molecular flexibility index (Phi) is 6.73. The second-order valence-corrected chi connectivity index (χ2v) is 7.37. The average Bonchev–Trinajstić information content (AvgIpc) is 2.71. The fraction of sp³-hybridized carbons (Fsp3) is 0.136. The van der Waals surface area contributed by atoms with Crippen molar-refractivity contribution in [3.63, 3.8) is 0 Å². The molecule has 0 saturated heterocycles. The third kappa shape index (κ3) is 4.73. The van der Waals surface area contributed by atoms with Crippen molar-refractivity contribution in [1.29, 1.82) is 0 Å². The molecule has 0 saturated carbocycles. The van der Waals surface area contributed by atoms with Crippen molar-refractivity contribution in [1.82, 2.24) is 0 Å². The van der Waals surface area contributed by atoms with Gasteiger partial charge in [0.1, 0.15) is 11.9 Å². The predicted molar refractivity (Wildman–Crippen MR) is 115 cm³/mol. The monoisotopic (exact) mass is 459 g/mol. The first kappa shape index (κ1) is 20.4. The van der Waals surface area contributed by atoms with E-state index in [4.69, 9.17) is 16.3 Å². The van der Waals surface area contributed by atoms with E-state index in [1.807, 2.05) is 37.3 Å². The first-order valence-corrected chi connectivity index (χ1v) is 9.93. The molecule has 4 nitrogen and oxygen atoms in total. The third-order valence-corrected chi connectivity index (χ3v) is 5.02. The normalized spacial score (nSPS) is 11.7. The van der Waals surface area contributed by atoms with E-state index < -0.39 is 6.10 Å². The first-order chi connectivity index (χ1) is 13.5. The van der Waals surface area contributed by atoms with Crippen LogP contribution >= 0.6 is 27.5 Å². The molecule has 0 aliphatic heterocycles. The van der Waals surface area contributed by atoms with Crippen LogP contribution in [-0.2, 0) is 0 Å². The molecule has 0 heterocycles. The van der Waals surface area contributed by atoms with Crippen molar-refractivity contribution in [3.05, 3.63) is 92.9 Å². The van der Waals surface area contributed by atoms with Crippen molar-refractivity contribution in [3.8, 4) is 5.75 Å². The van der Waals surface area contributed by atoms with Crippen LogP contribution in [0.15, 0.2) is 71.2 Å². The van der Waals surface area contributed by atoms with Crippen molar-refractivity contribution in [2.45, 2.75) is 13.0 Å². The summed E-state index contributed by atoms with van der Waals surface area (Å²) in [6.07, 6.45) is -0.915. The second-order valence-electron chi connectivity index (χ2n) is 6.08. The minimum Gasteiger partial charge on any atom is -0.493 e. The minimum absolute atomic E-state index is 0.299. The van der Waals surface area contributed by atoms with Crippen LogP contribution < -0.4 is 10.1 Å². The number of carbonyl (C=O) groups excluding carboxylic acids is 1. The number of hydrogen-bond donors (Lipinski definition) is 2. The molecule has 2 N–H and O–H groups in total. The number of anilines is 1. The highest BCUT2D eigenvalue weighted by Gasteiger charge is 2.18. The molecular formula is C22H19BrClNO3. The topological polar surface area (TPSA) is 58.6 Å². The summed E-state index contributed by atoms with van der Waals surface area (Å²) < 4.78 is 6.17. The Labute approximate surface area is 177 Å². The van der Waals surface area contributed by atoms with Crippen molar-refractivity contribution >= 4 is 39.1 Å². The highest BCUT2D eigenvalue weighted by Crippen LogP contribution is 2.32. The first-order valence-electron chi connectivity index (χ1n) is 8.75. The van der Waals surface area contributed by atoms with Gasteiger partial charge in [0.05, 0.1) is 11.1 Å². The number of benzene rings is 3. The number of aliphatic hydroxyl groups excluding tert-OH is 1. The van der Waals surface area contributed by atoms with Crippen LogP contribution in [0.3, 0.4) is 0 Å². The van der Waals surface area contributed by atoms with Gasteiger partial charge in [-0.05, 0) is 64.8 Å². The van der Waals surface area contributed by atoms with Gasteiger partial charge < -0.3 is 15.2 Å². The molecule has 0 unspecified atom stereocenters. The van der Waals surface area contributed by atoms with E-state index in [0.717, 1.165) is 0 Å². The molecule has 3 rings (SSSR count). The Hall–Kier alpha value is -2.34. The van der Waals surface area contributed by atoms with E-state index in [1.165, 1.54) is 0 Å². The molecule has 144 valence electrons. The van der Waals surface area contributed by atoms with Crippen LogP contribution in [0.4, 0.5) is 5.69 Å². The van der Waals surface area contributed by atoms with Crippen LogP contribution in [-0.4, -0.2) is 17.6 Å². The maximum absolute atomic E-state index is 12.7. The molecule has 0 radical (unpaired) electrons. The summed E-state index contributed by atoms with van der Waals surface area (Å²) in [5, 5.41) is 14.1. The zero-order valence-corrected chi connectivity index (χ0v) is 17.5. The van der Waals surface area contributed by atoms with Gasteiger partial charge in [0, 0.05) is 21.8 Å². The highest BCUT2D eigenvalue weighted by molar-refractivity contribution is 9.10. The number of nitrogens with one attached hydrogen (secondary N) is 1. The van der Waals surface area contributed by atoms with E-state index >= 15 is 0 Å². The third-order valence-electron chi connectivity index (χ3n) is 4.17. The summed E-state index contributed by atoms with van der Waals surface area (Å²) in [5.41, 5.74) is 2.20. The molecule has 0 aromatic heterocycles. The van der Waals surface area contributed by atoms with Crippen LogP contribution in [0.25, 0.3) is 0 Å². The number of amides is 1. The Bertz CT molecular complexity index is 979. The Morgan fingerprint density at radius 3 is 2.57 bits per heavy atom. The quantitative estimate of drug-likeness (QED) is 0.486. The summed E-state index contributed by atoms with van der Waals surface area (Å²) in [5.74, 6) is 0.373. The molecule has 0 aliphatic carbocycles. The summed E-state index contributed by atoms with van der Waals surface area (Å²) in [6.45, 7) is 2.43. The van der Waals surface area contributed by atoms with E-state index in [0.29, 0.717) is 44.2 Å². The maximum atomic E-state index is 12.7. The smallest absolute Gasteiger partial charge is 0.255 e. The molecule has 1 atom stereocenters. The highest BCUT2D eigenvalue weighted by atomic mass is 79.9. The largest absolute Gasteiger partial charge is 0.493 e. The maximum Gasteiger partial charge on any atom is 0.255 e. The van der Waals surface area contributed by atoms with E-state index in [2.05, 4.69) is 21.2 Å². The number of halogens is 2. The number of rotatable bonds is 6. The Morgan fingerprint density at radius 2 is 1.89 bits per heavy atom. The van der Waals surface area contributed by atoms with Gasteiger partial charge in [-0.1, -0.05) is 41.9 Å². The molecule has 0 bridgehead atoms. The van der Waals surface area contributed by atoms with E-state index in [1.54, 1.807) is 36.4 Å². The predicted octanol–water partition coefficient (Wildman–Crippen LogP) is 5.84. The van der Waals surface area contributed by atoms with Gasteiger partial charge >= 0.3 is 0 Å². The van der Waals surface area contributed by atoms with Gasteiger partial charge in [-0.2, -0.15) is 0 Å². The van der Waals surface area contributed by atoms with Gasteiger partial charge in [-0.25, -0.2) is 0 Å². The molecule has 0 fully saturated rings. The Balaban J connectivity index is 1.88. The number of hydrogen-bond acceptors (Lipinski definition) is 3. The standard InChI is InChI=1S/C22H19BrClNO3/c1-2-28-20-11-8-15(12-18(20)23)22(27)25-19-10-9-16(24)13-17(19)21(26)14-6-4-3-5-7-14/h3-13,21,26H,2H2,1H3,(H,25,27)/t21-/m0/s1. The van der Waals surface area contributed by atoms with Gasteiger partial charge in [0.15, 0.2) is 0 Å². The molecule has 1 amide bonds. The van der Waals surface area contributed by atoms with Gasteiger partial charge in [0.2, 0.25) is 0 Å². The number of carbonyl (C=O) groups is 1. The fourth-order valence-electron chi connectivity index (χ4n) is 2.80. The molecular weight excluding hydrogens is 442 g/mol. The zero-order valence-electron chi connectivity index (χ0n) is 15.2. The van der Waals surface area contributed by atoms with Gasteiger partial charge in [-0.3, -0.25) is 4.79 Å². The van der Waals surface area contributed by atoms with E-state index in [-0.39, 0.29) is 5.91 Å². The van der Waals surface area contributed by atoms with E-state index in [9.17, 15) is 9.90 Å². The zero-order chi connectivity index (χ0) is 20.1.